The second kappa shape index (κ2) is 8.41. The first kappa shape index (κ1) is 20.7. The van der Waals surface area contributed by atoms with Crippen LogP contribution in [-0.4, -0.2) is 46.4 Å². The summed E-state index contributed by atoms with van der Waals surface area (Å²) in [6.45, 7) is 3.21. The number of methoxy groups -OCH3 is 2. The normalized spacial score (nSPS) is 11.3. The highest BCUT2D eigenvalue weighted by atomic mass is 32.2. The molecule has 27 heavy (non-hydrogen) atoms. The number of ether oxygens (including phenoxy) is 2. The largest absolute Gasteiger partial charge is 0.497 e. The van der Waals surface area contributed by atoms with Crippen LogP contribution >= 0.6 is 0 Å². The molecule has 0 saturated heterocycles. The molecular weight excluding hydrogens is 368 g/mol. The van der Waals surface area contributed by atoms with Gasteiger partial charge in [-0.25, -0.2) is 8.42 Å². The standard InChI is InChI=1S/C19H24N2O5S/c1-13-6-7-14(2)18(10-13)27(23,24)21(3)12-19(22)20-16-11-15(25-4)8-9-17(16)26-5/h6-11H,12H2,1-5H3,(H,20,22). The molecule has 8 heteroatoms. The molecule has 0 saturated carbocycles. The Kier molecular flexibility index (Phi) is 6.45. The lowest BCUT2D eigenvalue weighted by Crippen LogP contribution is -2.35. The number of hydrogen-bond donors (Lipinski definition) is 1. The zero-order valence-corrected chi connectivity index (χ0v) is 16.9. The predicted octanol–water partition coefficient (Wildman–Crippen LogP) is 2.58. The van der Waals surface area contributed by atoms with E-state index in [-0.39, 0.29) is 11.4 Å². The van der Waals surface area contributed by atoms with E-state index in [1.807, 2.05) is 13.0 Å². The van der Waals surface area contributed by atoms with Crippen LogP contribution in [0.2, 0.25) is 0 Å². The van der Waals surface area contributed by atoms with E-state index in [1.165, 1.54) is 21.3 Å². The van der Waals surface area contributed by atoms with Crippen molar-refractivity contribution in [3.63, 3.8) is 0 Å². The highest BCUT2D eigenvalue weighted by Crippen LogP contribution is 2.29. The second-order valence-corrected chi connectivity index (χ2v) is 8.16. The minimum atomic E-state index is -3.79. The molecule has 2 rings (SSSR count). The van der Waals surface area contributed by atoms with Crippen LogP contribution in [-0.2, 0) is 14.8 Å². The number of sulfonamides is 1. The lowest BCUT2D eigenvalue weighted by atomic mass is 10.2. The summed E-state index contributed by atoms with van der Waals surface area (Å²) in [5, 5.41) is 2.67. The Morgan fingerprint density at radius 3 is 2.41 bits per heavy atom. The molecule has 146 valence electrons. The number of nitrogens with zero attached hydrogens (tertiary/aromatic N) is 1. The summed E-state index contributed by atoms with van der Waals surface area (Å²) >= 11 is 0. The number of aryl methyl sites for hydroxylation is 2. The molecule has 2 aromatic carbocycles. The van der Waals surface area contributed by atoms with Gasteiger partial charge in [0, 0.05) is 13.1 Å². The minimum absolute atomic E-state index is 0.191. The van der Waals surface area contributed by atoms with E-state index < -0.39 is 15.9 Å². The maximum absolute atomic E-state index is 12.8. The Morgan fingerprint density at radius 1 is 1.07 bits per heavy atom. The average Bonchev–Trinajstić information content (AvgIpc) is 2.63. The molecule has 2 aromatic rings. The molecule has 0 spiro atoms. The van der Waals surface area contributed by atoms with Crippen molar-refractivity contribution in [3.8, 4) is 11.5 Å². The summed E-state index contributed by atoms with van der Waals surface area (Å²) in [5.41, 5.74) is 1.86. The average molecular weight is 392 g/mol. The molecule has 0 aliphatic carbocycles. The van der Waals surface area contributed by atoms with Crippen molar-refractivity contribution >= 4 is 21.6 Å². The van der Waals surface area contributed by atoms with Crippen LogP contribution in [0, 0.1) is 13.8 Å². The van der Waals surface area contributed by atoms with Crippen LogP contribution in [0.4, 0.5) is 5.69 Å². The van der Waals surface area contributed by atoms with Gasteiger partial charge in [0.15, 0.2) is 0 Å². The third-order valence-electron chi connectivity index (χ3n) is 4.08. The first-order chi connectivity index (χ1) is 12.7. The van der Waals surface area contributed by atoms with Crippen molar-refractivity contribution in [3.05, 3.63) is 47.5 Å². The van der Waals surface area contributed by atoms with Crippen LogP contribution in [0.25, 0.3) is 0 Å². The molecule has 0 bridgehead atoms. The number of nitrogens with one attached hydrogen (secondary N) is 1. The zero-order valence-electron chi connectivity index (χ0n) is 16.1. The fourth-order valence-electron chi connectivity index (χ4n) is 2.54. The zero-order chi connectivity index (χ0) is 20.2. The van der Waals surface area contributed by atoms with Crippen LogP contribution in [0.15, 0.2) is 41.3 Å². The molecule has 0 heterocycles. The van der Waals surface area contributed by atoms with Crippen LogP contribution in [0.5, 0.6) is 11.5 Å². The van der Waals surface area contributed by atoms with Gasteiger partial charge in [-0.1, -0.05) is 12.1 Å². The summed E-state index contributed by atoms with van der Waals surface area (Å²) in [6, 6.07) is 10.2. The highest BCUT2D eigenvalue weighted by molar-refractivity contribution is 7.89. The molecule has 0 unspecified atom stereocenters. The van der Waals surface area contributed by atoms with Gasteiger partial charge in [-0.15, -0.1) is 0 Å². The Hall–Kier alpha value is -2.58. The predicted molar refractivity (Wildman–Crippen MR) is 104 cm³/mol. The van der Waals surface area contributed by atoms with Gasteiger partial charge >= 0.3 is 0 Å². The topological polar surface area (TPSA) is 84.9 Å². The third-order valence-corrected chi connectivity index (χ3v) is 6.02. The minimum Gasteiger partial charge on any atom is -0.497 e. The van der Waals surface area contributed by atoms with E-state index in [4.69, 9.17) is 9.47 Å². The van der Waals surface area contributed by atoms with Gasteiger partial charge in [0.05, 0.1) is 31.3 Å². The lowest BCUT2D eigenvalue weighted by molar-refractivity contribution is -0.116. The summed E-state index contributed by atoms with van der Waals surface area (Å²) < 4.78 is 37.0. The fourth-order valence-corrected chi connectivity index (χ4v) is 3.97. The van der Waals surface area contributed by atoms with E-state index in [2.05, 4.69) is 5.32 Å². The first-order valence-electron chi connectivity index (χ1n) is 8.24. The van der Waals surface area contributed by atoms with Crippen molar-refractivity contribution in [2.24, 2.45) is 0 Å². The molecule has 0 atom stereocenters. The Morgan fingerprint density at radius 2 is 1.78 bits per heavy atom. The number of amides is 1. The van der Waals surface area contributed by atoms with Crippen molar-refractivity contribution in [2.75, 3.05) is 33.1 Å². The highest BCUT2D eigenvalue weighted by Gasteiger charge is 2.25. The van der Waals surface area contributed by atoms with Crippen molar-refractivity contribution in [2.45, 2.75) is 18.7 Å². The molecule has 1 amide bonds. The number of likely N-dealkylation sites (N-methyl/N-ethyl adjacent to an activating group) is 1. The molecule has 0 aromatic heterocycles. The first-order valence-corrected chi connectivity index (χ1v) is 9.68. The number of carbonyl (C=O) groups is 1. The molecule has 0 aliphatic heterocycles. The summed E-state index contributed by atoms with van der Waals surface area (Å²) in [4.78, 5) is 12.6. The Bertz CT molecular complexity index is 941. The monoisotopic (exact) mass is 392 g/mol. The molecule has 7 nitrogen and oxygen atoms in total. The summed E-state index contributed by atoms with van der Waals surface area (Å²) in [6.07, 6.45) is 0. The molecular formula is C19H24N2O5S. The lowest BCUT2D eigenvalue weighted by Gasteiger charge is -2.19. The number of benzene rings is 2. The van der Waals surface area contributed by atoms with Gasteiger partial charge in [0.25, 0.3) is 0 Å². The van der Waals surface area contributed by atoms with E-state index in [0.29, 0.717) is 22.7 Å². The van der Waals surface area contributed by atoms with E-state index in [1.54, 1.807) is 37.3 Å². The Labute approximate surface area is 160 Å². The van der Waals surface area contributed by atoms with Crippen LogP contribution in [0.1, 0.15) is 11.1 Å². The van der Waals surface area contributed by atoms with Crippen LogP contribution in [0.3, 0.4) is 0 Å². The smallest absolute Gasteiger partial charge is 0.243 e. The molecule has 0 fully saturated rings. The summed E-state index contributed by atoms with van der Waals surface area (Å²) in [7, 11) is 0.576. The molecule has 0 radical (unpaired) electrons. The number of rotatable bonds is 7. The summed E-state index contributed by atoms with van der Waals surface area (Å²) in [5.74, 6) is 0.504. The maximum Gasteiger partial charge on any atom is 0.243 e. The fraction of sp³-hybridized carbons (Fsp3) is 0.316. The van der Waals surface area contributed by atoms with Crippen molar-refractivity contribution < 1.29 is 22.7 Å². The SMILES string of the molecule is COc1ccc(OC)c(NC(=O)CN(C)S(=O)(=O)c2cc(C)ccc2C)c1. The van der Waals surface area contributed by atoms with Crippen molar-refractivity contribution in [1.29, 1.82) is 0 Å². The second-order valence-electron chi connectivity index (χ2n) is 6.14. The number of hydrogen-bond acceptors (Lipinski definition) is 5. The number of carbonyl (C=O) groups excluding carboxylic acids is 1. The maximum atomic E-state index is 12.8. The van der Waals surface area contributed by atoms with Gasteiger partial charge in [-0.3, -0.25) is 4.79 Å². The van der Waals surface area contributed by atoms with Crippen molar-refractivity contribution in [1.82, 2.24) is 4.31 Å². The van der Waals surface area contributed by atoms with Crippen LogP contribution < -0.4 is 14.8 Å². The van der Waals surface area contributed by atoms with Gasteiger partial charge in [-0.05, 0) is 43.2 Å². The molecule has 1 N–H and O–H groups in total. The van der Waals surface area contributed by atoms with E-state index in [9.17, 15) is 13.2 Å². The quantitative estimate of drug-likeness (QED) is 0.783. The van der Waals surface area contributed by atoms with Gasteiger partial charge < -0.3 is 14.8 Å². The third kappa shape index (κ3) is 4.78. The van der Waals surface area contributed by atoms with E-state index in [0.717, 1.165) is 9.87 Å². The van der Waals surface area contributed by atoms with Gasteiger partial charge in [-0.2, -0.15) is 4.31 Å². The van der Waals surface area contributed by atoms with Gasteiger partial charge in [0.1, 0.15) is 11.5 Å². The van der Waals surface area contributed by atoms with Gasteiger partial charge in [0.2, 0.25) is 15.9 Å². The Balaban J connectivity index is 2.19. The number of anilines is 1. The molecule has 0 aliphatic rings. The van der Waals surface area contributed by atoms with E-state index >= 15 is 0 Å².